The molecule has 1 saturated carbocycles. The first-order chi connectivity index (χ1) is 10.5. The lowest BCUT2D eigenvalue weighted by molar-refractivity contribution is -0.141. The zero-order valence-corrected chi connectivity index (χ0v) is 13.5. The van der Waals surface area contributed by atoms with Crippen LogP contribution in [0.15, 0.2) is 18.2 Å². The number of rotatable bonds is 8. The summed E-state index contributed by atoms with van der Waals surface area (Å²) in [4.78, 5) is 11.3. The molecule has 1 fully saturated rings. The standard InChI is InChI=1S/C15H19F2NO4.ClH/c1-20-14(19)7-11(18)10-4-5-12(22-15(16)17)13(6-10)21-8-9-2-3-9;/h4-6,9,11,15H,2-3,7-8,18H2,1H3;1H. The fourth-order valence-corrected chi connectivity index (χ4v) is 1.93. The Morgan fingerprint density at radius 1 is 1.35 bits per heavy atom. The Morgan fingerprint density at radius 2 is 2.04 bits per heavy atom. The maximum atomic E-state index is 12.4. The molecule has 0 spiro atoms. The normalized spacial score (nSPS) is 14.8. The number of benzene rings is 1. The summed E-state index contributed by atoms with van der Waals surface area (Å²) >= 11 is 0. The molecular formula is C15H20ClF2NO4. The van der Waals surface area contributed by atoms with E-state index in [-0.39, 0.29) is 30.3 Å². The van der Waals surface area contributed by atoms with Crippen LogP contribution >= 0.6 is 12.4 Å². The molecule has 1 aliphatic rings. The van der Waals surface area contributed by atoms with E-state index in [9.17, 15) is 13.6 Å². The molecule has 2 rings (SSSR count). The first kappa shape index (κ1) is 19.4. The summed E-state index contributed by atoms with van der Waals surface area (Å²) in [7, 11) is 1.28. The van der Waals surface area contributed by atoms with Gasteiger partial charge in [-0.2, -0.15) is 8.78 Å². The highest BCUT2D eigenvalue weighted by Gasteiger charge is 2.23. The van der Waals surface area contributed by atoms with Crippen molar-refractivity contribution in [1.82, 2.24) is 0 Å². The summed E-state index contributed by atoms with van der Waals surface area (Å²) in [6, 6.07) is 3.85. The quantitative estimate of drug-likeness (QED) is 0.729. The third kappa shape index (κ3) is 6.19. The number of ether oxygens (including phenoxy) is 3. The molecule has 130 valence electrons. The maximum Gasteiger partial charge on any atom is 0.387 e. The van der Waals surface area contributed by atoms with Crippen LogP contribution in [-0.4, -0.2) is 26.3 Å². The first-order valence-electron chi connectivity index (χ1n) is 7.03. The van der Waals surface area contributed by atoms with Crippen LogP contribution in [0.1, 0.15) is 30.9 Å². The van der Waals surface area contributed by atoms with Gasteiger partial charge >= 0.3 is 12.6 Å². The van der Waals surface area contributed by atoms with Crippen LogP contribution in [0.2, 0.25) is 0 Å². The number of carbonyl (C=O) groups excluding carboxylic acids is 1. The average molecular weight is 352 g/mol. The molecule has 0 saturated heterocycles. The number of alkyl halides is 2. The van der Waals surface area contributed by atoms with E-state index in [4.69, 9.17) is 10.5 Å². The Balaban J connectivity index is 0.00000264. The van der Waals surface area contributed by atoms with Crippen LogP contribution in [0, 0.1) is 5.92 Å². The minimum Gasteiger partial charge on any atom is -0.489 e. The Kier molecular flexibility index (Phi) is 7.51. The van der Waals surface area contributed by atoms with Crippen molar-refractivity contribution >= 4 is 18.4 Å². The lowest BCUT2D eigenvalue weighted by atomic mass is 10.0. The van der Waals surface area contributed by atoms with E-state index in [1.807, 2.05) is 0 Å². The third-order valence-electron chi connectivity index (χ3n) is 3.40. The van der Waals surface area contributed by atoms with Gasteiger partial charge in [0.25, 0.3) is 0 Å². The van der Waals surface area contributed by atoms with Crippen LogP contribution < -0.4 is 15.2 Å². The van der Waals surface area contributed by atoms with Crippen molar-refractivity contribution in [1.29, 1.82) is 0 Å². The average Bonchev–Trinajstić information content (AvgIpc) is 3.29. The molecule has 23 heavy (non-hydrogen) atoms. The van der Waals surface area contributed by atoms with E-state index >= 15 is 0 Å². The second-order valence-corrected chi connectivity index (χ2v) is 5.23. The van der Waals surface area contributed by atoms with Gasteiger partial charge in [0.05, 0.1) is 20.1 Å². The van der Waals surface area contributed by atoms with E-state index in [0.29, 0.717) is 18.1 Å². The zero-order valence-electron chi connectivity index (χ0n) is 12.7. The van der Waals surface area contributed by atoms with Crippen molar-refractivity contribution in [3.63, 3.8) is 0 Å². The summed E-state index contributed by atoms with van der Waals surface area (Å²) in [5.41, 5.74) is 6.51. The molecule has 1 unspecified atom stereocenters. The van der Waals surface area contributed by atoms with Crippen LogP contribution in [0.5, 0.6) is 11.5 Å². The fourth-order valence-electron chi connectivity index (χ4n) is 1.93. The monoisotopic (exact) mass is 351 g/mol. The van der Waals surface area contributed by atoms with E-state index in [2.05, 4.69) is 9.47 Å². The van der Waals surface area contributed by atoms with Gasteiger partial charge < -0.3 is 19.9 Å². The van der Waals surface area contributed by atoms with Gasteiger partial charge in [-0.05, 0) is 36.5 Å². The van der Waals surface area contributed by atoms with E-state index in [1.54, 1.807) is 0 Å². The number of esters is 1. The SMILES string of the molecule is COC(=O)CC(N)c1ccc(OC(F)F)c(OCC2CC2)c1.Cl. The number of methoxy groups -OCH3 is 1. The van der Waals surface area contributed by atoms with Crippen molar-refractivity contribution in [2.45, 2.75) is 31.9 Å². The molecule has 1 aromatic carbocycles. The van der Waals surface area contributed by atoms with Crippen LogP contribution in [0.25, 0.3) is 0 Å². The van der Waals surface area contributed by atoms with Crippen molar-refractivity contribution in [2.75, 3.05) is 13.7 Å². The summed E-state index contributed by atoms with van der Waals surface area (Å²) < 4.78 is 39.4. The number of carbonyl (C=O) groups is 1. The van der Waals surface area contributed by atoms with Gasteiger partial charge in [0, 0.05) is 6.04 Å². The lowest BCUT2D eigenvalue weighted by Gasteiger charge is -2.16. The topological polar surface area (TPSA) is 70.8 Å². The Labute approximate surface area is 139 Å². The predicted octanol–water partition coefficient (Wildman–Crippen LogP) is 3.06. The minimum atomic E-state index is -2.93. The second-order valence-electron chi connectivity index (χ2n) is 5.23. The molecule has 0 aromatic heterocycles. The lowest BCUT2D eigenvalue weighted by Crippen LogP contribution is -2.16. The highest BCUT2D eigenvalue weighted by atomic mass is 35.5. The molecule has 0 heterocycles. The molecule has 1 aromatic rings. The Hall–Kier alpha value is -1.60. The molecule has 0 bridgehead atoms. The van der Waals surface area contributed by atoms with Gasteiger partial charge in [0.1, 0.15) is 0 Å². The van der Waals surface area contributed by atoms with Crippen molar-refractivity contribution < 1.29 is 27.8 Å². The van der Waals surface area contributed by atoms with Gasteiger partial charge in [0.2, 0.25) is 0 Å². The van der Waals surface area contributed by atoms with Crippen LogP contribution in [0.3, 0.4) is 0 Å². The zero-order chi connectivity index (χ0) is 16.1. The maximum absolute atomic E-state index is 12.4. The molecule has 5 nitrogen and oxygen atoms in total. The highest BCUT2D eigenvalue weighted by Crippen LogP contribution is 2.35. The smallest absolute Gasteiger partial charge is 0.387 e. The minimum absolute atomic E-state index is 0. The summed E-state index contributed by atoms with van der Waals surface area (Å²) in [6.07, 6.45) is 2.15. The highest BCUT2D eigenvalue weighted by molar-refractivity contribution is 5.85. The fraction of sp³-hybridized carbons (Fsp3) is 0.533. The first-order valence-corrected chi connectivity index (χ1v) is 7.03. The van der Waals surface area contributed by atoms with Crippen LogP contribution in [-0.2, 0) is 9.53 Å². The molecule has 0 amide bonds. The molecule has 0 radical (unpaired) electrons. The molecule has 8 heteroatoms. The number of halogens is 3. The van der Waals surface area contributed by atoms with E-state index in [1.165, 1.54) is 25.3 Å². The molecule has 1 aliphatic carbocycles. The van der Waals surface area contributed by atoms with Crippen molar-refractivity contribution in [2.24, 2.45) is 11.7 Å². The van der Waals surface area contributed by atoms with Gasteiger partial charge in [-0.3, -0.25) is 4.79 Å². The Bertz CT molecular complexity index is 526. The largest absolute Gasteiger partial charge is 0.489 e. The van der Waals surface area contributed by atoms with Crippen LogP contribution in [0.4, 0.5) is 8.78 Å². The molecule has 2 N–H and O–H groups in total. The summed E-state index contributed by atoms with van der Waals surface area (Å²) in [5.74, 6) is 0.197. The van der Waals surface area contributed by atoms with E-state index in [0.717, 1.165) is 12.8 Å². The Morgan fingerprint density at radius 3 is 2.61 bits per heavy atom. The molecule has 1 atom stereocenters. The molecular weight excluding hydrogens is 332 g/mol. The van der Waals surface area contributed by atoms with Gasteiger partial charge in [-0.1, -0.05) is 6.07 Å². The van der Waals surface area contributed by atoms with Gasteiger partial charge in [-0.15, -0.1) is 12.4 Å². The van der Waals surface area contributed by atoms with Gasteiger partial charge in [0.15, 0.2) is 11.5 Å². The van der Waals surface area contributed by atoms with Crippen molar-refractivity contribution in [3.05, 3.63) is 23.8 Å². The number of hydrogen-bond acceptors (Lipinski definition) is 5. The van der Waals surface area contributed by atoms with Gasteiger partial charge in [-0.25, -0.2) is 0 Å². The third-order valence-corrected chi connectivity index (χ3v) is 3.40. The number of nitrogens with two attached hydrogens (primary N) is 1. The summed E-state index contributed by atoms with van der Waals surface area (Å²) in [6.45, 7) is -2.48. The predicted molar refractivity (Wildman–Crippen MR) is 82.1 cm³/mol. The summed E-state index contributed by atoms with van der Waals surface area (Å²) in [5, 5.41) is 0. The van der Waals surface area contributed by atoms with Crippen molar-refractivity contribution in [3.8, 4) is 11.5 Å². The van der Waals surface area contributed by atoms with E-state index < -0.39 is 18.6 Å². The molecule has 0 aliphatic heterocycles. The number of hydrogen-bond donors (Lipinski definition) is 1. The second kappa shape index (κ2) is 8.88.